The third kappa shape index (κ3) is 4.52. The summed E-state index contributed by atoms with van der Waals surface area (Å²) < 4.78 is 35.0. The van der Waals surface area contributed by atoms with Gasteiger partial charge in [0.25, 0.3) is 10.1 Å². The zero-order valence-corrected chi connectivity index (χ0v) is 12.4. The van der Waals surface area contributed by atoms with Gasteiger partial charge in [-0.2, -0.15) is 8.42 Å². The van der Waals surface area contributed by atoms with Crippen molar-refractivity contribution in [3.05, 3.63) is 42.5 Å². The molecule has 0 heterocycles. The second-order valence-corrected chi connectivity index (χ2v) is 6.05. The summed E-state index contributed by atoms with van der Waals surface area (Å²) in [5.74, 6) is 0. The van der Waals surface area contributed by atoms with Crippen molar-refractivity contribution >= 4 is 39.7 Å². The van der Waals surface area contributed by atoms with Crippen LogP contribution in [0.1, 0.15) is 13.3 Å². The van der Waals surface area contributed by atoms with Gasteiger partial charge < -0.3 is 4.74 Å². The minimum atomic E-state index is -3.79. The van der Waals surface area contributed by atoms with Crippen molar-refractivity contribution in [1.29, 1.82) is 0 Å². The van der Waals surface area contributed by atoms with Gasteiger partial charge in [-0.1, -0.05) is 43.3 Å². The average Bonchev–Trinajstić information content (AvgIpc) is 2.69. The summed E-state index contributed by atoms with van der Waals surface area (Å²) >= 11 is 0. The zero-order valence-electron chi connectivity index (χ0n) is 11.6. The number of hydrogen-bond donors (Lipinski definition) is 0. The van der Waals surface area contributed by atoms with Crippen LogP contribution in [0.5, 0.6) is 0 Å². The van der Waals surface area contributed by atoms with E-state index in [1.54, 1.807) is 18.2 Å². The molecule has 2 rings (SSSR count). The molecule has 2 aliphatic carbocycles. The SMILES string of the molecule is CCC(COC)OS(=O)(=O)c1ccc2cccccc1-2.[NaH]. The van der Waals surface area contributed by atoms with Crippen LogP contribution in [0.25, 0.3) is 11.1 Å². The molecule has 0 amide bonds. The number of ether oxygens (including phenoxy) is 1. The molecule has 0 N–H and O–H groups in total. The van der Waals surface area contributed by atoms with Crippen molar-refractivity contribution in [3.63, 3.8) is 0 Å². The molecule has 0 aromatic rings. The molecule has 0 aliphatic heterocycles. The third-order valence-electron chi connectivity index (χ3n) is 3.09. The topological polar surface area (TPSA) is 52.6 Å². The van der Waals surface area contributed by atoms with Gasteiger partial charge in [0.2, 0.25) is 0 Å². The molecule has 6 heteroatoms. The Morgan fingerprint density at radius 1 is 1.10 bits per heavy atom. The van der Waals surface area contributed by atoms with Crippen LogP contribution in [0.4, 0.5) is 0 Å². The Balaban J connectivity index is 0.00000220. The van der Waals surface area contributed by atoms with E-state index in [0.717, 1.165) is 5.56 Å². The van der Waals surface area contributed by atoms with Gasteiger partial charge in [0.1, 0.15) is 11.0 Å². The Hall–Kier alpha value is -0.430. The monoisotopic (exact) mass is 318 g/mol. The van der Waals surface area contributed by atoms with Crippen molar-refractivity contribution in [2.75, 3.05) is 13.7 Å². The molecule has 4 nitrogen and oxygen atoms in total. The van der Waals surface area contributed by atoms with Gasteiger partial charge >= 0.3 is 29.6 Å². The summed E-state index contributed by atoms with van der Waals surface area (Å²) in [7, 11) is -2.26. The van der Waals surface area contributed by atoms with Crippen LogP contribution < -0.4 is 0 Å². The Labute approximate surface area is 148 Å². The van der Waals surface area contributed by atoms with Gasteiger partial charge in [-0.25, -0.2) is 0 Å². The average molecular weight is 318 g/mol. The van der Waals surface area contributed by atoms with Crippen molar-refractivity contribution in [3.8, 4) is 11.1 Å². The van der Waals surface area contributed by atoms with Crippen molar-refractivity contribution in [2.24, 2.45) is 0 Å². The molecule has 21 heavy (non-hydrogen) atoms. The van der Waals surface area contributed by atoms with Crippen LogP contribution in [0.3, 0.4) is 0 Å². The van der Waals surface area contributed by atoms with Crippen LogP contribution in [-0.2, 0) is 19.0 Å². The molecule has 0 fully saturated rings. The molecule has 0 radical (unpaired) electrons. The van der Waals surface area contributed by atoms with Crippen molar-refractivity contribution in [2.45, 2.75) is 24.3 Å². The molecule has 0 saturated heterocycles. The first-order valence-corrected chi connectivity index (χ1v) is 7.89. The van der Waals surface area contributed by atoms with E-state index in [0.29, 0.717) is 12.0 Å². The van der Waals surface area contributed by atoms with Gasteiger partial charge in [0.15, 0.2) is 0 Å². The number of fused-ring (bicyclic) bond motifs is 1. The van der Waals surface area contributed by atoms with Crippen LogP contribution in [-0.4, -0.2) is 57.8 Å². The van der Waals surface area contributed by atoms with E-state index in [4.69, 9.17) is 8.92 Å². The van der Waals surface area contributed by atoms with E-state index in [1.165, 1.54) is 7.11 Å². The van der Waals surface area contributed by atoms with Crippen molar-refractivity contribution < 1.29 is 17.3 Å². The molecule has 0 saturated carbocycles. The Morgan fingerprint density at radius 3 is 2.48 bits per heavy atom. The summed E-state index contributed by atoms with van der Waals surface area (Å²) in [6, 6.07) is 12.6. The molecule has 1 unspecified atom stereocenters. The summed E-state index contributed by atoms with van der Waals surface area (Å²) in [6.07, 6.45) is 0.104. The van der Waals surface area contributed by atoms with E-state index in [2.05, 4.69) is 0 Å². The molecular weight excluding hydrogens is 299 g/mol. The predicted molar refractivity (Wildman–Crippen MR) is 84.4 cm³/mol. The van der Waals surface area contributed by atoms with Gasteiger partial charge in [-0.3, -0.25) is 4.18 Å². The van der Waals surface area contributed by atoms with Crippen LogP contribution in [0.15, 0.2) is 47.4 Å². The normalized spacial score (nSPS) is 12.9. The molecule has 110 valence electrons. The molecule has 1 atom stereocenters. The number of methoxy groups -OCH3 is 1. The fraction of sp³-hybridized carbons (Fsp3) is 0.333. The van der Waals surface area contributed by atoms with Gasteiger partial charge in [0.05, 0.1) is 6.61 Å². The van der Waals surface area contributed by atoms with E-state index in [9.17, 15) is 8.42 Å². The van der Waals surface area contributed by atoms with Gasteiger partial charge in [0, 0.05) is 12.7 Å². The molecule has 0 aromatic carbocycles. The first kappa shape index (κ1) is 18.6. The first-order valence-electron chi connectivity index (χ1n) is 6.48. The van der Waals surface area contributed by atoms with Crippen LogP contribution in [0.2, 0.25) is 0 Å². The first-order chi connectivity index (χ1) is 9.58. The fourth-order valence-electron chi connectivity index (χ4n) is 2.03. The molecule has 0 aromatic heterocycles. The van der Waals surface area contributed by atoms with E-state index in [1.807, 2.05) is 31.2 Å². The summed E-state index contributed by atoms with van der Waals surface area (Å²) in [5, 5.41) is 0. The van der Waals surface area contributed by atoms with E-state index in [-0.39, 0.29) is 41.1 Å². The Morgan fingerprint density at radius 2 is 1.81 bits per heavy atom. The predicted octanol–water partition coefficient (Wildman–Crippen LogP) is 2.27. The van der Waals surface area contributed by atoms with Gasteiger partial charge in [-0.15, -0.1) is 0 Å². The zero-order chi connectivity index (χ0) is 14.6. The maximum atomic E-state index is 12.4. The summed E-state index contributed by atoms with van der Waals surface area (Å²) in [6.45, 7) is 2.12. The summed E-state index contributed by atoms with van der Waals surface area (Å²) in [4.78, 5) is 0.207. The standard InChI is InChI=1S/C15H18O4S.Na.H/c1-3-13(11-18-2)19-20(16,17)15-10-9-12-7-5-4-6-8-14(12)15;;/h4-10,13H,3,11H2,1-2H3;;. The van der Waals surface area contributed by atoms with Crippen LogP contribution >= 0.6 is 0 Å². The molecule has 0 bridgehead atoms. The van der Waals surface area contributed by atoms with E-state index >= 15 is 0 Å². The Bertz CT molecular complexity index is 642. The second kappa shape index (κ2) is 8.27. The van der Waals surface area contributed by atoms with Gasteiger partial charge in [-0.05, 0) is 18.1 Å². The molecule has 2 aliphatic rings. The Kier molecular flexibility index (Phi) is 7.33. The molecule has 0 spiro atoms. The quantitative estimate of drug-likeness (QED) is 0.606. The van der Waals surface area contributed by atoms with Crippen molar-refractivity contribution in [1.82, 2.24) is 0 Å². The minimum absolute atomic E-state index is 0. The third-order valence-corrected chi connectivity index (χ3v) is 4.51. The molecular formula is C15H19NaO4S. The summed E-state index contributed by atoms with van der Waals surface area (Å²) in [5.41, 5.74) is 1.54. The fourth-order valence-corrected chi connectivity index (χ4v) is 3.38. The van der Waals surface area contributed by atoms with E-state index < -0.39 is 16.2 Å². The number of hydrogen-bond acceptors (Lipinski definition) is 4. The van der Waals surface area contributed by atoms with Crippen LogP contribution in [0, 0.1) is 0 Å². The second-order valence-electron chi connectivity index (χ2n) is 4.51. The number of rotatable bonds is 6. The maximum absolute atomic E-state index is 12.4.